The number of thiophene rings is 1. The fourth-order valence-electron chi connectivity index (χ4n) is 5.44. The van der Waals surface area contributed by atoms with Crippen LogP contribution in [0.15, 0.2) is 155 Å². The summed E-state index contributed by atoms with van der Waals surface area (Å²) in [6.45, 7) is 2.30. The first-order chi connectivity index (χ1) is 25.9. The van der Waals surface area contributed by atoms with Gasteiger partial charge in [-0.25, -0.2) is 0 Å². The Bertz CT molecular complexity index is 2280. The fraction of sp³-hybridized carbons (Fsp3) is 0.0698. The number of hydrogen-bond acceptors (Lipinski definition) is 7. The highest BCUT2D eigenvalue weighted by atomic mass is 32.2. The summed E-state index contributed by atoms with van der Waals surface area (Å²) in [5, 5.41) is 20.4. The highest BCUT2D eigenvalue weighted by Gasteiger charge is 2.25. The number of carbonyl (C=O) groups is 3. The molecule has 5 aromatic carbocycles. The zero-order chi connectivity index (χ0) is 37.0. The number of carbonyl (C=O) groups excluding carboxylic acids is 3. The van der Waals surface area contributed by atoms with E-state index in [1.807, 2.05) is 97.2 Å². The molecule has 0 fully saturated rings. The second kappa shape index (κ2) is 17.7. The Morgan fingerprint density at radius 2 is 1.51 bits per heavy atom. The molecule has 1 unspecified atom stereocenters. The van der Waals surface area contributed by atoms with Crippen molar-refractivity contribution in [2.24, 2.45) is 0 Å². The monoisotopic (exact) mass is 734 g/mol. The van der Waals surface area contributed by atoms with Crippen LogP contribution in [0, 0.1) is 11.3 Å². The molecule has 0 saturated heterocycles. The molecule has 0 spiro atoms. The molecule has 0 bridgehead atoms. The van der Waals surface area contributed by atoms with E-state index in [1.54, 1.807) is 60.7 Å². The van der Waals surface area contributed by atoms with Crippen molar-refractivity contribution < 1.29 is 19.1 Å². The van der Waals surface area contributed by atoms with Crippen LogP contribution in [0.25, 0.3) is 17.2 Å². The number of nitrogens with one attached hydrogen (secondary N) is 3. The van der Waals surface area contributed by atoms with Gasteiger partial charge in [-0.1, -0.05) is 103 Å². The maximum absolute atomic E-state index is 14.0. The minimum atomic E-state index is -0.688. The van der Waals surface area contributed by atoms with Gasteiger partial charge < -0.3 is 20.7 Å². The van der Waals surface area contributed by atoms with Crippen molar-refractivity contribution in [3.05, 3.63) is 173 Å². The standard InChI is InChI=1S/C43H34N4O4S2/c1-2-51-38-24-13-12-21-32(38)25-37(46-40(48)31-19-10-5-11-20-31)41(49)45-33-22-14-23-34(26-33)53-39(30-17-8-4-9-18-30)42(50)47-43-35(27-44)36(28-52-43)29-15-6-3-7-16-29/h3-26,28,39H,2H2,1H3,(H,45,49)(H,46,48)(H,47,50)/b37-25+. The van der Waals surface area contributed by atoms with E-state index in [-0.39, 0.29) is 11.6 Å². The summed E-state index contributed by atoms with van der Waals surface area (Å²) in [6.07, 6.45) is 1.58. The van der Waals surface area contributed by atoms with E-state index in [0.29, 0.717) is 44.6 Å². The van der Waals surface area contributed by atoms with Crippen molar-refractivity contribution in [1.82, 2.24) is 5.32 Å². The smallest absolute Gasteiger partial charge is 0.272 e. The summed E-state index contributed by atoms with van der Waals surface area (Å²) in [5.74, 6) is -0.715. The van der Waals surface area contributed by atoms with Crippen LogP contribution in [0.4, 0.5) is 10.7 Å². The van der Waals surface area contributed by atoms with Gasteiger partial charge in [0.15, 0.2) is 0 Å². The van der Waals surface area contributed by atoms with Gasteiger partial charge >= 0.3 is 0 Å². The van der Waals surface area contributed by atoms with E-state index >= 15 is 0 Å². The normalized spacial score (nSPS) is 11.5. The minimum Gasteiger partial charge on any atom is -0.493 e. The third kappa shape index (κ3) is 9.28. The molecule has 0 radical (unpaired) electrons. The number of rotatable bonds is 13. The third-order valence-electron chi connectivity index (χ3n) is 7.96. The number of hydrogen-bond donors (Lipinski definition) is 3. The number of benzene rings is 5. The molecule has 6 rings (SSSR count). The number of nitriles is 1. The number of amides is 3. The highest BCUT2D eigenvalue weighted by molar-refractivity contribution is 8.00. The van der Waals surface area contributed by atoms with Crippen LogP contribution >= 0.6 is 23.1 Å². The Labute approximate surface area is 316 Å². The average Bonchev–Trinajstić information content (AvgIpc) is 3.60. The lowest BCUT2D eigenvalue weighted by atomic mass is 10.1. The summed E-state index contributed by atoms with van der Waals surface area (Å²) in [4.78, 5) is 41.8. The summed E-state index contributed by atoms with van der Waals surface area (Å²) < 4.78 is 5.77. The number of ether oxygens (including phenoxy) is 1. The molecule has 262 valence electrons. The van der Waals surface area contributed by atoms with E-state index in [9.17, 15) is 19.6 Å². The molecular formula is C43H34N4O4S2. The van der Waals surface area contributed by atoms with Gasteiger partial charge in [0.05, 0.1) is 12.2 Å². The fourth-order valence-corrected chi connectivity index (χ4v) is 7.44. The van der Waals surface area contributed by atoms with Gasteiger partial charge in [0.25, 0.3) is 11.8 Å². The second-order valence-electron chi connectivity index (χ2n) is 11.6. The lowest BCUT2D eigenvalue weighted by molar-refractivity contribution is -0.116. The van der Waals surface area contributed by atoms with Crippen LogP contribution in [-0.4, -0.2) is 24.3 Å². The largest absolute Gasteiger partial charge is 0.493 e. The zero-order valence-electron chi connectivity index (χ0n) is 28.6. The number of anilines is 2. The Morgan fingerprint density at radius 3 is 2.23 bits per heavy atom. The van der Waals surface area contributed by atoms with E-state index in [0.717, 1.165) is 16.7 Å². The molecule has 3 amide bonds. The number of thioether (sulfide) groups is 1. The Hall–Kier alpha value is -6.41. The molecule has 0 aliphatic heterocycles. The first-order valence-corrected chi connectivity index (χ1v) is 18.5. The number of para-hydroxylation sites is 1. The van der Waals surface area contributed by atoms with Crippen molar-refractivity contribution in [1.29, 1.82) is 5.26 Å². The van der Waals surface area contributed by atoms with Crippen LogP contribution in [0.3, 0.4) is 0 Å². The molecule has 8 nitrogen and oxygen atoms in total. The molecule has 0 saturated carbocycles. The van der Waals surface area contributed by atoms with Gasteiger partial charge in [0, 0.05) is 32.7 Å². The molecule has 1 atom stereocenters. The van der Waals surface area contributed by atoms with Gasteiger partial charge in [0.1, 0.15) is 27.8 Å². The minimum absolute atomic E-state index is 0.0183. The zero-order valence-corrected chi connectivity index (χ0v) is 30.2. The average molecular weight is 735 g/mol. The summed E-state index contributed by atoms with van der Waals surface area (Å²) in [5.41, 5.74) is 4.32. The second-order valence-corrected chi connectivity index (χ2v) is 13.6. The topological polar surface area (TPSA) is 120 Å². The maximum atomic E-state index is 14.0. The predicted molar refractivity (Wildman–Crippen MR) is 213 cm³/mol. The van der Waals surface area contributed by atoms with Crippen molar-refractivity contribution >= 4 is 57.6 Å². The highest BCUT2D eigenvalue weighted by Crippen LogP contribution is 2.40. The lowest BCUT2D eigenvalue weighted by Gasteiger charge is -2.18. The van der Waals surface area contributed by atoms with Crippen LogP contribution in [0.1, 0.15) is 39.2 Å². The molecule has 10 heteroatoms. The van der Waals surface area contributed by atoms with Crippen LogP contribution in [0.2, 0.25) is 0 Å². The number of nitrogens with zero attached hydrogens (tertiary/aromatic N) is 1. The van der Waals surface area contributed by atoms with Crippen molar-refractivity contribution in [2.45, 2.75) is 17.1 Å². The van der Waals surface area contributed by atoms with Gasteiger partial charge in [-0.15, -0.1) is 23.1 Å². The third-order valence-corrected chi connectivity index (χ3v) is 10.1. The molecule has 6 aromatic rings. The van der Waals surface area contributed by atoms with Crippen molar-refractivity contribution in [2.75, 3.05) is 17.2 Å². The molecule has 0 aliphatic carbocycles. The van der Waals surface area contributed by atoms with Gasteiger partial charge in [-0.2, -0.15) is 5.26 Å². The van der Waals surface area contributed by atoms with Crippen molar-refractivity contribution in [3.63, 3.8) is 0 Å². The van der Waals surface area contributed by atoms with Gasteiger partial charge in [-0.3, -0.25) is 14.4 Å². The van der Waals surface area contributed by atoms with Crippen LogP contribution in [-0.2, 0) is 9.59 Å². The first kappa shape index (κ1) is 36.4. The maximum Gasteiger partial charge on any atom is 0.272 e. The summed E-state index contributed by atoms with van der Waals surface area (Å²) in [7, 11) is 0. The predicted octanol–water partition coefficient (Wildman–Crippen LogP) is 9.57. The van der Waals surface area contributed by atoms with E-state index in [1.165, 1.54) is 23.1 Å². The van der Waals surface area contributed by atoms with E-state index in [2.05, 4.69) is 22.0 Å². The Kier molecular flexibility index (Phi) is 12.1. The van der Waals surface area contributed by atoms with Crippen LogP contribution in [0.5, 0.6) is 5.75 Å². The Morgan fingerprint density at radius 1 is 0.830 bits per heavy atom. The van der Waals surface area contributed by atoms with Crippen LogP contribution < -0.4 is 20.7 Å². The van der Waals surface area contributed by atoms with E-state index < -0.39 is 17.1 Å². The van der Waals surface area contributed by atoms with Crippen molar-refractivity contribution in [3.8, 4) is 22.9 Å². The molecule has 0 aliphatic rings. The summed E-state index contributed by atoms with van der Waals surface area (Å²) >= 11 is 2.62. The Balaban J connectivity index is 1.25. The SMILES string of the molecule is CCOc1ccccc1/C=C(/NC(=O)c1ccccc1)C(=O)Nc1cccc(SC(C(=O)Nc2scc(-c3ccccc3)c2C#N)c2ccccc2)c1. The van der Waals surface area contributed by atoms with Gasteiger partial charge in [-0.05, 0) is 60.5 Å². The molecular weight excluding hydrogens is 701 g/mol. The molecule has 1 heterocycles. The van der Waals surface area contributed by atoms with Gasteiger partial charge in [0.2, 0.25) is 5.91 Å². The molecule has 53 heavy (non-hydrogen) atoms. The van der Waals surface area contributed by atoms with E-state index in [4.69, 9.17) is 4.74 Å². The molecule has 1 aromatic heterocycles. The first-order valence-electron chi connectivity index (χ1n) is 16.7. The lowest BCUT2D eigenvalue weighted by Crippen LogP contribution is -2.30. The molecule has 3 N–H and O–H groups in total. The quantitative estimate of drug-likeness (QED) is 0.0803. The summed E-state index contributed by atoms with van der Waals surface area (Å²) in [6, 6.07) is 44.3.